The lowest BCUT2D eigenvalue weighted by molar-refractivity contribution is 0.481. The molecule has 0 spiro atoms. The van der Waals surface area contributed by atoms with Crippen LogP contribution in [0.4, 0.5) is 34.1 Å². The molecule has 0 aliphatic heterocycles. The molecule has 0 unspecified atom stereocenters. The second-order valence-corrected chi connectivity index (χ2v) is 12.6. The molecule has 6 aromatic rings. The lowest BCUT2D eigenvalue weighted by Crippen LogP contribution is -2.01. The number of hydrogen-bond donors (Lipinski definition) is 3. The summed E-state index contributed by atoms with van der Waals surface area (Å²) in [7, 11) is -9.12. The third kappa shape index (κ3) is 6.46. The van der Waals surface area contributed by atoms with Gasteiger partial charge in [0.2, 0.25) is 0 Å². The molecule has 0 atom stereocenters. The fourth-order valence-corrected chi connectivity index (χ4v) is 6.02. The van der Waals surface area contributed by atoms with E-state index in [0.29, 0.717) is 50.3 Å². The number of benzene rings is 6. The predicted molar refractivity (Wildman–Crippen MR) is 172 cm³/mol. The smallest absolute Gasteiger partial charge is 0.295 e. The number of fused-ring (bicyclic) bond motifs is 2. The Hall–Kier alpha value is -5.34. The van der Waals surface area contributed by atoms with Gasteiger partial charge in [0.25, 0.3) is 20.2 Å². The summed E-state index contributed by atoms with van der Waals surface area (Å²) in [5.41, 5.74) is 2.71. The molecule has 0 aliphatic carbocycles. The maximum Gasteiger partial charge on any atom is 0.295 e. The number of para-hydroxylation sites is 1. The van der Waals surface area contributed by atoms with Crippen LogP contribution in [0.15, 0.2) is 152 Å². The summed E-state index contributed by atoms with van der Waals surface area (Å²) < 4.78 is 68.3. The minimum absolute atomic E-state index is 0.222. The number of anilines is 2. The molecule has 0 saturated carbocycles. The van der Waals surface area contributed by atoms with Crippen LogP contribution in [0.3, 0.4) is 0 Å². The number of azo groups is 2. The SMILES string of the molecule is O=S(=O)(O)c1ccc2c(N=Nc3ccc(Nc4ccccc4)c4c(S(=O)(=O)O)cccc34)ccc(N=Nc3ccccc3)c2c1. The van der Waals surface area contributed by atoms with Crippen LogP contribution < -0.4 is 5.32 Å². The van der Waals surface area contributed by atoms with Crippen molar-refractivity contribution in [3.63, 3.8) is 0 Å². The highest BCUT2D eigenvalue weighted by atomic mass is 32.2. The first-order valence-corrected chi connectivity index (χ1v) is 16.2. The van der Waals surface area contributed by atoms with Crippen LogP contribution in [0, 0.1) is 0 Å². The zero-order chi connectivity index (χ0) is 31.6. The minimum Gasteiger partial charge on any atom is -0.355 e. The molecule has 0 radical (unpaired) electrons. The van der Waals surface area contributed by atoms with E-state index < -0.39 is 20.2 Å². The number of hydrogen-bond acceptors (Lipinski definition) is 9. The summed E-state index contributed by atoms with van der Waals surface area (Å²) in [6.07, 6.45) is 0. The molecule has 0 amide bonds. The summed E-state index contributed by atoms with van der Waals surface area (Å²) in [6, 6.07) is 33.1. The van der Waals surface area contributed by atoms with Gasteiger partial charge in [-0.25, -0.2) is 0 Å². The first-order valence-electron chi connectivity index (χ1n) is 13.4. The highest BCUT2D eigenvalue weighted by molar-refractivity contribution is 7.86. The third-order valence-electron chi connectivity index (χ3n) is 6.84. The molecular weight excluding hydrogens is 615 g/mol. The van der Waals surface area contributed by atoms with E-state index in [1.165, 1.54) is 30.3 Å². The Morgan fingerprint density at radius 3 is 1.78 bits per heavy atom. The van der Waals surface area contributed by atoms with Crippen molar-refractivity contribution in [2.24, 2.45) is 20.5 Å². The molecule has 224 valence electrons. The van der Waals surface area contributed by atoms with Crippen molar-refractivity contribution in [2.45, 2.75) is 9.79 Å². The van der Waals surface area contributed by atoms with Gasteiger partial charge in [-0.05, 0) is 66.7 Å². The van der Waals surface area contributed by atoms with Gasteiger partial charge in [-0.1, -0.05) is 54.6 Å². The van der Waals surface area contributed by atoms with Crippen molar-refractivity contribution < 1.29 is 25.9 Å². The minimum atomic E-state index is -4.60. The predicted octanol–water partition coefficient (Wildman–Crippen LogP) is 9.06. The maximum atomic E-state index is 12.4. The summed E-state index contributed by atoms with van der Waals surface area (Å²) in [4.78, 5) is -0.628. The van der Waals surface area contributed by atoms with Gasteiger partial charge in [0.05, 0.1) is 27.6 Å². The molecule has 0 heterocycles. The highest BCUT2D eigenvalue weighted by Gasteiger charge is 2.19. The Bertz CT molecular complexity index is 2350. The monoisotopic (exact) mass is 637 g/mol. The first-order chi connectivity index (χ1) is 21.6. The van der Waals surface area contributed by atoms with E-state index in [0.717, 1.165) is 0 Å². The zero-order valence-corrected chi connectivity index (χ0v) is 24.8. The quantitative estimate of drug-likeness (QED) is 0.110. The van der Waals surface area contributed by atoms with Crippen LogP contribution in [-0.2, 0) is 20.2 Å². The van der Waals surface area contributed by atoms with E-state index in [-0.39, 0.29) is 15.2 Å². The van der Waals surface area contributed by atoms with E-state index in [4.69, 9.17) is 0 Å². The molecule has 6 aromatic carbocycles. The highest BCUT2D eigenvalue weighted by Crippen LogP contribution is 2.40. The van der Waals surface area contributed by atoms with Crippen LogP contribution in [-0.4, -0.2) is 25.9 Å². The Kier molecular flexibility index (Phi) is 7.91. The molecule has 0 aliphatic rings. The van der Waals surface area contributed by atoms with Gasteiger partial charge in [0.1, 0.15) is 4.90 Å². The Morgan fingerprint density at radius 2 is 1.11 bits per heavy atom. The Morgan fingerprint density at radius 1 is 0.511 bits per heavy atom. The molecule has 0 saturated heterocycles. The van der Waals surface area contributed by atoms with Gasteiger partial charge >= 0.3 is 0 Å². The summed E-state index contributed by atoms with van der Waals surface area (Å²) in [5, 5.41) is 22.0. The number of nitrogens with one attached hydrogen (secondary N) is 1. The van der Waals surface area contributed by atoms with Crippen LogP contribution in [0.1, 0.15) is 0 Å². The molecule has 0 aromatic heterocycles. The normalized spacial score (nSPS) is 12.4. The van der Waals surface area contributed by atoms with Gasteiger partial charge in [-0.15, -0.1) is 15.3 Å². The van der Waals surface area contributed by atoms with Crippen molar-refractivity contribution in [1.82, 2.24) is 0 Å². The van der Waals surface area contributed by atoms with Crippen molar-refractivity contribution >= 4 is 75.9 Å². The molecular formula is C32H23N5O6S2. The lowest BCUT2D eigenvalue weighted by atomic mass is 10.1. The maximum absolute atomic E-state index is 12.4. The van der Waals surface area contributed by atoms with E-state index in [2.05, 4.69) is 25.8 Å². The van der Waals surface area contributed by atoms with E-state index in [1.807, 2.05) is 36.4 Å². The molecule has 0 bridgehead atoms. The van der Waals surface area contributed by atoms with Gasteiger partial charge in [-0.2, -0.15) is 21.9 Å². The van der Waals surface area contributed by atoms with E-state index >= 15 is 0 Å². The second-order valence-electron chi connectivity index (χ2n) is 9.80. The molecule has 3 N–H and O–H groups in total. The number of nitrogens with zero attached hydrogens (tertiary/aromatic N) is 4. The topological polar surface area (TPSA) is 170 Å². The molecule has 11 nitrogen and oxygen atoms in total. The average Bonchev–Trinajstić information content (AvgIpc) is 3.03. The van der Waals surface area contributed by atoms with Crippen LogP contribution in [0.5, 0.6) is 0 Å². The standard InChI is InChI=1S/C32H23N5O6S2/c38-44(39,40)23-14-15-24-26(20-23)29(35-34-22-10-5-2-6-11-22)17-16-27(24)36-37-28-18-19-30(33-21-8-3-1-4-9-21)32-25(28)12-7-13-31(32)45(41,42)43/h1-20,33H,(H,38,39,40)(H,41,42,43). The lowest BCUT2D eigenvalue weighted by Gasteiger charge is -2.14. The fourth-order valence-electron chi connectivity index (χ4n) is 4.79. The Labute approximate surface area is 258 Å². The molecule has 45 heavy (non-hydrogen) atoms. The summed E-state index contributed by atoms with van der Waals surface area (Å²) in [6.45, 7) is 0. The van der Waals surface area contributed by atoms with Gasteiger partial charge in [0, 0.05) is 32.9 Å². The van der Waals surface area contributed by atoms with E-state index in [1.54, 1.807) is 54.6 Å². The van der Waals surface area contributed by atoms with Crippen LogP contribution in [0.25, 0.3) is 21.5 Å². The van der Waals surface area contributed by atoms with Gasteiger partial charge < -0.3 is 5.32 Å². The van der Waals surface area contributed by atoms with Crippen LogP contribution in [0.2, 0.25) is 0 Å². The molecule has 13 heteroatoms. The van der Waals surface area contributed by atoms with E-state index in [9.17, 15) is 25.9 Å². The third-order valence-corrected chi connectivity index (χ3v) is 8.59. The average molecular weight is 638 g/mol. The van der Waals surface area contributed by atoms with Crippen molar-refractivity contribution in [3.05, 3.63) is 121 Å². The van der Waals surface area contributed by atoms with Crippen molar-refractivity contribution in [3.8, 4) is 0 Å². The molecule has 6 rings (SSSR count). The summed E-state index contributed by atoms with van der Waals surface area (Å²) in [5.74, 6) is 0. The largest absolute Gasteiger partial charge is 0.355 e. The first kappa shape index (κ1) is 29.7. The van der Waals surface area contributed by atoms with Gasteiger partial charge in [-0.3, -0.25) is 9.11 Å². The van der Waals surface area contributed by atoms with Crippen molar-refractivity contribution in [1.29, 1.82) is 0 Å². The fraction of sp³-hybridized carbons (Fsp3) is 0. The zero-order valence-electron chi connectivity index (χ0n) is 23.2. The number of rotatable bonds is 8. The summed E-state index contributed by atoms with van der Waals surface area (Å²) >= 11 is 0. The second kappa shape index (κ2) is 12.0. The van der Waals surface area contributed by atoms with Crippen LogP contribution >= 0.6 is 0 Å². The molecule has 0 fully saturated rings. The Balaban J connectivity index is 1.48. The van der Waals surface area contributed by atoms with Gasteiger partial charge in [0.15, 0.2) is 0 Å². The van der Waals surface area contributed by atoms with Crippen molar-refractivity contribution in [2.75, 3.05) is 5.32 Å².